The molecule has 2 N–H and O–H groups in total. The van der Waals surface area contributed by atoms with Crippen molar-refractivity contribution >= 4 is 0 Å². The Bertz CT molecular complexity index is 269. The van der Waals surface area contributed by atoms with Crippen LogP contribution in [-0.4, -0.2) is 21.4 Å². The number of nitrogens with two attached hydrogens (primary N) is 1. The van der Waals surface area contributed by atoms with Gasteiger partial charge in [0.15, 0.2) is 0 Å². The molecular formula is C8H16N4O. The van der Waals surface area contributed by atoms with E-state index in [2.05, 4.69) is 23.9 Å². The number of hydrogen-bond donors (Lipinski definition) is 1. The largest absolute Gasteiger partial charge is 0.462 e. The number of aromatic nitrogens is 3. The summed E-state index contributed by atoms with van der Waals surface area (Å²) in [4.78, 5) is 4.10. The first kappa shape index (κ1) is 9.98. The molecule has 5 heteroatoms. The molecule has 1 aromatic heterocycles. The minimum absolute atomic E-state index is 0.383. The van der Waals surface area contributed by atoms with E-state index in [0.29, 0.717) is 25.1 Å². The third kappa shape index (κ3) is 2.69. The molecule has 0 fully saturated rings. The summed E-state index contributed by atoms with van der Waals surface area (Å²) in [5.41, 5.74) is 5.44. The molecule has 0 saturated carbocycles. The Morgan fingerprint density at radius 1 is 1.54 bits per heavy atom. The lowest BCUT2D eigenvalue weighted by molar-refractivity contribution is 0.250. The van der Waals surface area contributed by atoms with Crippen LogP contribution in [0.15, 0.2) is 0 Å². The molecule has 1 heterocycles. The number of ether oxygens (including phenoxy) is 1. The Kier molecular flexibility index (Phi) is 3.25. The first-order chi connectivity index (χ1) is 6.13. The molecule has 5 nitrogen and oxygen atoms in total. The van der Waals surface area contributed by atoms with Crippen LogP contribution in [0, 0.1) is 5.92 Å². The van der Waals surface area contributed by atoms with Crippen LogP contribution in [0.4, 0.5) is 0 Å². The molecule has 0 saturated heterocycles. The lowest BCUT2D eigenvalue weighted by Gasteiger charge is -2.02. The second-order valence-electron chi connectivity index (χ2n) is 3.34. The molecule has 1 rings (SSSR count). The zero-order valence-electron chi connectivity index (χ0n) is 8.32. The van der Waals surface area contributed by atoms with E-state index in [4.69, 9.17) is 10.5 Å². The van der Waals surface area contributed by atoms with Gasteiger partial charge in [-0.25, -0.2) is 4.68 Å². The molecule has 0 aromatic carbocycles. The highest BCUT2D eigenvalue weighted by molar-refractivity contribution is 4.96. The summed E-state index contributed by atoms with van der Waals surface area (Å²) in [6.45, 7) is 5.17. The normalized spacial score (nSPS) is 10.8. The van der Waals surface area contributed by atoms with E-state index in [1.807, 2.05) is 0 Å². The summed E-state index contributed by atoms with van der Waals surface area (Å²) < 4.78 is 6.97. The van der Waals surface area contributed by atoms with Gasteiger partial charge in [0.25, 0.3) is 0 Å². The van der Waals surface area contributed by atoms with E-state index in [-0.39, 0.29) is 0 Å². The zero-order valence-corrected chi connectivity index (χ0v) is 8.32. The van der Waals surface area contributed by atoms with Crippen molar-refractivity contribution in [3.8, 4) is 6.01 Å². The first-order valence-electron chi connectivity index (χ1n) is 4.36. The predicted octanol–water partition coefficient (Wildman–Crippen LogP) is 0.309. The topological polar surface area (TPSA) is 66.0 Å². The van der Waals surface area contributed by atoms with E-state index in [1.165, 1.54) is 0 Å². The molecule has 13 heavy (non-hydrogen) atoms. The smallest absolute Gasteiger partial charge is 0.335 e. The summed E-state index contributed by atoms with van der Waals surface area (Å²) >= 11 is 0. The summed E-state index contributed by atoms with van der Waals surface area (Å²) in [7, 11) is 1.80. The first-order valence-corrected chi connectivity index (χ1v) is 4.36. The van der Waals surface area contributed by atoms with Gasteiger partial charge in [-0.05, 0) is 5.92 Å². The quantitative estimate of drug-likeness (QED) is 0.731. The van der Waals surface area contributed by atoms with Gasteiger partial charge in [0.05, 0.1) is 13.2 Å². The van der Waals surface area contributed by atoms with Crippen LogP contribution in [0.2, 0.25) is 0 Å². The standard InChI is InChI=1S/C8H16N4O/c1-6(2)5-13-8-10-7(4-9)12(3)11-8/h6H,4-5,9H2,1-3H3. The molecule has 0 aliphatic rings. The third-order valence-electron chi connectivity index (χ3n) is 1.56. The number of nitrogens with zero attached hydrogens (tertiary/aromatic N) is 3. The number of aryl methyl sites for hydroxylation is 1. The highest BCUT2D eigenvalue weighted by Crippen LogP contribution is 2.05. The van der Waals surface area contributed by atoms with Crippen LogP contribution in [0.25, 0.3) is 0 Å². The minimum Gasteiger partial charge on any atom is -0.462 e. The van der Waals surface area contributed by atoms with Gasteiger partial charge >= 0.3 is 6.01 Å². The maximum atomic E-state index is 5.44. The average Bonchev–Trinajstić information content (AvgIpc) is 2.43. The molecular weight excluding hydrogens is 168 g/mol. The highest BCUT2D eigenvalue weighted by atomic mass is 16.5. The van der Waals surface area contributed by atoms with Crippen molar-refractivity contribution in [2.24, 2.45) is 18.7 Å². The van der Waals surface area contributed by atoms with Gasteiger partial charge in [0.1, 0.15) is 5.82 Å². The fourth-order valence-corrected chi connectivity index (χ4v) is 0.871. The third-order valence-corrected chi connectivity index (χ3v) is 1.56. The fourth-order valence-electron chi connectivity index (χ4n) is 0.871. The molecule has 0 atom stereocenters. The Morgan fingerprint density at radius 3 is 2.69 bits per heavy atom. The van der Waals surface area contributed by atoms with Gasteiger partial charge in [-0.15, -0.1) is 5.10 Å². The maximum Gasteiger partial charge on any atom is 0.335 e. The zero-order chi connectivity index (χ0) is 9.84. The number of hydrogen-bond acceptors (Lipinski definition) is 4. The summed E-state index contributed by atoms with van der Waals surface area (Å²) in [6, 6.07) is 0.414. The lowest BCUT2D eigenvalue weighted by atomic mass is 10.2. The molecule has 1 aromatic rings. The molecule has 0 bridgehead atoms. The molecule has 0 amide bonds. The van der Waals surface area contributed by atoms with Crippen LogP contribution in [0.3, 0.4) is 0 Å². The maximum absolute atomic E-state index is 5.44. The van der Waals surface area contributed by atoms with E-state index >= 15 is 0 Å². The van der Waals surface area contributed by atoms with Crippen LogP contribution < -0.4 is 10.5 Å². The summed E-state index contributed by atoms with van der Waals surface area (Å²) in [5.74, 6) is 1.21. The highest BCUT2D eigenvalue weighted by Gasteiger charge is 2.06. The summed E-state index contributed by atoms with van der Waals surface area (Å²) in [5, 5.41) is 4.06. The van der Waals surface area contributed by atoms with Crippen molar-refractivity contribution in [2.45, 2.75) is 20.4 Å². The van der Waals surface area contributed by atoms with Gasteiger partial charge in [-0.3, -0.25) is 0 Å². The fraction of sp³-hybridized carbons (Fsp3) is 0.750. The predicted molar refractivity (Wildman–Crippen MR) is 49.2 cm³/mol. The molecule has 0 unspecified atom stereocenters. The molecule has 74 valence electrons. The van der Waals surface area contributed by atoms with Crippen LogP contribution in [0.5, 0.6) is 6.01 Å². The van der Waals surface area contributed by atoms with Crippen LogP contribution in [-0.2, 0) is 13.6 Å². The Hall–Kier alpha value is -1.10. The van der Waals surface area contributed by atoms with Crippen molar-refractivity contribution in [2.75, 3.05) is 6.61 Å². The van der Waals surface area contributed by atoms with E-state index < -0.39 is 0 Å². The van der Waals surface area contributed by atoms with Gasteiger partial charge in [-0.2, -0.15) is 4.98 Å². The monoisotopic (exact) mass is 184 g/mol. The second-order valence-corrected chi connectivity index (χ2v) is 3.34. The van der Waals surface area contributed by atoms with Crippen LogP contribution >= 0.6 is 0 Å². The Labute approximate surface area is 77.9 Å². The van der Waals surface area contributed by atoms with Crippen molar-refractivity contribution in [1.29, 1.82) is 0 Å². The Morgan fingerprint density at radius 2 is 2.23 bits per heavy atom. The van der Waals surface area contributed by atoms with Gasteiger partial charge in [0.2, 0.25) is 0 Å². The van der Waals surface area contributed by atoms with E-state index in [1.54, 1.807) is 11.7 Å². The van der Waals surface area contributed by atoms with E-state index in [9.17, 15) is 0 Å². The minimum atomic E-state index is 0.383. The average molecular weight is 184 g/mol. The van der Waals surface area contributed by atoms with Gasteiger partial charge in [0, 0.05) is 7.05 Å². The Balaban J connectivity index is 2.57. The molecule has 0 aliphatic carbocycles. The van der Waals surface area contributed by atoms with Crippen molar-refractivity contribution in [3.63, 3.8) is 0 Å². The molecule has 0 radical (unpaired) electrons. The van der Waals surface area contributed by atoms with Crippen LogP contribution in [0.1, 0.15) is 19.7 Å². The SMILES string of the molecule is CC(C)COc1nc(CN)n(C)n1. The summed E-state index contributed by atoms with van der Waals surface area (Å²) in [6.07, 6.45) is 0. The molecule has 0 aliphatic heterocycles. The van der Waals surface area contributed by atoms with Crippen molar-refractivity contribution in [3.05, 3.63) is 5.82 Å². The molecule has 0 spiro atoms. The van der Waals surface area contributed by atoms with Gasteiger partial charge in [-0.1, -0.05) is 13.8 Å². The van der Waals surface area contributed by atoms with Crippen molar-refractivity contribution < 1.29 is 4.74 Å². The van der Waals surface area contributed by atoms with Gasteiger partial charge < -0.3 is 10.5 Å². The van der Waals surface area contributed by atoms with E-state index in [0.717, 1.165) is 5.82 Å². The number of rotatable bonds is 4. The van der Waals surface area contributed by atoms with Crippen molar-refractivity contribution in [1.82, 2.24) is 14.8 Å². The second kappa shape index (κ2) is 4.23. The lowest BCUT2D eigenvalue weighted by Crippen LogP contribution is -2.05.